The summed E-state index contributed by atoms with van der Waals surface area (Å²) in [4.78, 5) is 50.4. The molecular weight excluding hydrogens is 496 g/mol. The van der Waals surface area contributed by atoms with E-state index in [1.165, 1.54) is 32.4 Å². The standard InChI is InChI=1S/C23H21BrN2O7/c1-12-5-13(2)7-15(6-12)26-22(29)16(21(28)25-23(26)30)8-14-9-18(31-3)19(10-17(14)24)33-11-20(27)32-4/h5-10H,11H2,1-4H3,(H,25,28,30)/b16-8+. The van der Waals surface area contributed by atoms with E-state index in [4.69, 9.17) is 9.47 Å². The van der Waals surface area contributed by atoms with Crippen LogP contribution < -0.4 is 19.7 Å². The van der Waals surface area contributed by atoms with Crippen LogP contribution in [0.3, 0.4) is 0 Å². The Morgan fingerprint density at radius 3 is 2.30 bits per heavy atom. The van der Waals surface area contributed by atoms with Crippen LogP contribution in [-0.2, 0) is 19.1 Å². The first-order chi connectivity index (χ1) is 15.6. The van der Waals surface area contributed by atoms with Crippen LogP contribution in [-0.4, -0.2) is 44.6 Å². The van der Waals surface area contributed by atoms with Crippen LogP contribution in [0, 0.1) is 13.8 Å². The van der Waals surface area contributed by atoms with Crippen molar-refractivity contribution < 1.29 is 33.4 Å². The molecule has 0 unspecified atom stereocenters. The molecule has 1 saturated heterocycles. The molecule has 1 heterocycles. The number of halogens is 1. The smallest absolute Gasteiger partial charge is 0.343 e. The number of aryl methyl sites for hydroxylation is 2. The molecule has 33 heavy (non-hydrogen) atoms. The van der Waals surface area contributed by atoms with Crippen molar-refractivity contribution in [3.8, 4) is 11.5 Å². The second-order valence-corrected chi connectivity index (χ2v) is 8.05. The summed E-state index contributed by atoms with van der Waals surface area (Å²) >= 11 is 3.37. The van der Waals surface area contributed by atoms with Crippen LogP contribution in [0.4, 0.5) is 10.5 Å². The van der Waals surface area contributed by atoms with Gasteiger partial charge in [0, 0.05) is 4.47 Å². The molecule has 2 aromatic carbocycles. The van der Waals surface area contributed by atoms with Gasteiger partial charge in [-0.2, -0.15) is 0 Å². The number of nitrogens with one attached hydrogen (secondary N) is 1. The van der Waals surface area contributed by atoms with Crippen molar-refractivity contribution in [3.05, 3.63) is 57.1 Å². The number of rotatable bonds is 6. The maximum Gasteiger partial charge on any atom is 0.343 e. The summed E-state index contributed by atoms with van der Waals surface area (Å²) in [6, 6.07) is 7.52. The van der Waals surface area contributed by atoms with Gasteiger partial charge in [-0.15, -0.1) is 0 Å². The fraction of sp³-hybridized carbons (Fsp3) is 0.217. The predicted molar refractivity (Wildman–Crippen MR) is 123 cm³/mol. The Hall–Kier alpha value is -3.66. The quantitative estimate of drug-likeness (QED) is 0.356. The molecule has 10 heteroatoms. The Labute approximate surface area is 198 Å². The first-order valence-electron chi connectivity index (χ1n) is 9.71. The normalized spacial score (nSPS) is 14.9. The summed E-state index contributed by atoms with van der Waals surface area (Å²) in [5.41, 5.74) is 2.27. The largest absolute Gasteiger partial charge is 0.493 e. The molecule has 0 spiro atoms. The number of anilines is 1. The van der Waals surface area contributed by atoms with E-state index in [-0.39, 0.29) is 23.7 Å². The Kier molecular flexibility index (Phi) is 7.17. The fourth-order valence-corrected chi connectivity index (χ4v) is 3.69. The average Bonchev–Trinajstić information content (AvgIpc) is 2.75. The van der Waals surface area contributed by atoms with E-state index in [0.717, 1.165) is 16.0 Å². The maximum absolute atomic E-state index is 13.2. The second-order valence-electron chi connectivity index (χ2n) is 7.19. The number of methoxy groups -OCH3 is 2. The van der Waals surface area contributed by atoms with E-state index in [1.807, 2.05) is 19.9 Å². The number of nitrogens with zero attached hydrogens (tertiary/aromatic N) is 1. The van der Waals surface area contributed by atoms with Crippen LogP contribution in [0.25, 0.3) is 6.08 Å². The van der Waals surface area contributed by atoms with Gasteiger partial charge < -0.3 is 14.2 Å². The van der Waals surface area contributed by atoms with E-state index >= 15 is 0 Å². The van der Waals surface area contributed by atoms with Crippen molar-refractivity contribution in [3.63, 3.8) is 0 Å². The number of carbonyl (C=O) groups excluding carboxylic acids is 4. The number of hydrogen-bond acceptors (Lipinski definition) is 7. The minimum atomic E-state index is -0.824. The van der Waals surface area contributed by atoms with Gasteiger partial charge in [-0.1, -0.05) is 22.0 Å². The second kappa shape index (κ2) is 9.86. The zero-order chi connectivity index (χ0) is 24.3. The Bertz CT molecular complexity index is 1170. The number of esters is 1. The molecule has 1 aliphatic rings. The Morgan fingerprint density at radius 2 is 1.70 bits per heavy atom. The highest BCUT2D eigenvalue weighted by Gasteiger charge is 2.37. The highest BCUT2D eigenvalue weighted by Crippen LogP contribution is 2.35. The third kappa shape index (κ3) is 5.23. The molecular formula is C23H21BrN2O7. The summed E-state index contributed by atoms with van der Waals surface area (Å²) in [7, 11) is 2.65. The van der Waals surface area contributed by atoms with Crippen molar-refractivity contribution in [2.75, 3.05) is 25.7 Å². The van der Waals surface area contributed by atoms with Gasteiger partial charge in [0.05, 0.1) is 19.9 Å². The van der Waals surface area contributed by atoms with E-state index in [9.17, 15) is 19.2 Å². The van der Waals surface area contributed by atoms with Gasteiger partial charge >= 0.3 is 12.0 Å². The van der Waals surface area contributed by atoms with Gasteiger partial charge in [0.1, 0.15) is 5.57 Å². The Balaban J connectivity index is 2.00. The molecule has 3 rings (SSSR count). The van der Waals surface area contributed by atoms with Crippen LogP contribution in [0.5, 0.6) is 11.5 Å². The zero-order valence-electron chi connectivity index (χ0n) is 18.4. The topological polar surface area (TPSA) is 111 Å². The number of carbonyl (C=O) groups is 4. The molecule has 0 bridgehead atoms. The molecule has 0 aliphatic carbocycles. The number of amides is 4. The van der Waals surface area contributed by atoms with E-state index in [2.05, 4.69) is 26.0 Å². The first-order valence-corrected chi connectivity index (χ1v) is 10.5. The van der Waals surface area contributed by atoms with Crippen LogP contribution in [0.15, 0.2) is 40.4 Å². The van der Waals surface area contributed by atoms with Gasteiger partial charge in [0.2, 0.25) is 0 Å². The monoisotopic (exact) mass is 516 g/mol. The minimum Gasteiger partial charge on any atom is -0.493 e. The Morgan fingerprint density at radius 1 is 1.03 bits per heavy atom. The van der Waals surface area contributed by atoms with E-state index < -0.39 is 23.8 Å². The zero-order valence-corrected chi connectivity index (χ0v) is 19.9. The summed E-state index contributed by atoms with van der Waals surface area (Å²) < 4.78 is 15.7. The van der Waals surface area contributed by atoms with E-state index in [0.29, 0.717) is 15.7 Å². The number of ether oxygens (including phenoxy) is 3. The SMILES string of the molecule is COC(=O)COc1cc(Br)c(/C=C2\C(=O)NC(=O)N(c3cc(C)cc(C)c3)C2=O)cc1OC. The number of hydrogen-bond donors (Lipinski definition) is 1. The van der Waals surface area contributed by atoms with Gasteiger partial charge in [0.15, 0.2) is 18.1 Å². The van der Waals surface area contributed by atoms with E-state index in [1.54, 1.807) is 12.1 Å². The lowest BCUT2D eigenvalue weighted by Crippen LogP contribution is -2.54. The highest BCUT2D eigenvalue weighted by molar-refractivity contribution is 9.10. The van der Waals surface area contributed by atoms with Gasteiger partial charge in [0.25, 0.3) is 11.8 Å². The van der Waals surface area contributed by atoms with Crippen LogP contribution in [0.2, 0.25) is 0 Å². The molecule has 0 saturated carbocycles. The summed E-state index contributed by atoms with van der Waals surface area (Å²) in [6.45, 7) is 3.36. The minimum absolute atomic E-state index is 0.236. The molecule has 0 radical (unpaired) electrons. The molecule has 1 N–H and O–H groups in total. The molecule has 4 amide bonds. The van der Waals surface area contributed by atoms with Crippen molar-refractivity contribution in [2.24, 2.45) is 0 Å². The van der Waals surface area contributed by atoms with Gasteiger partial charge in [-0.3, -0.25) is 14.9 Å². The molecule has 1 aliphatic heterocycles. The molecule has 0 aromatic heterocycles. The molecule has 1 fully saturated rings. The number of barbiturate groups is 1. The van der Waals surface area contributed by atoms with Gasteiger partial charge in [-0.05, 0) is 60.9 Å². The van der Waals surface area contributed by atoms with Crippen molar-refractivity contribution in [2.45, 2.75) is 13.8 Å². The fourth-order valence-electron chi connectivity index (χ4n) is 3.26. The molecule has 172 valence electrons. The number of imide groups is 2. The highest BCUT2D eigenvalue weighted by atomic mass is 79.9. The molecule has 0 atom stereocenters. The summed E-state index contributed by atoms with van der Waals surface area (Å²) in [5, 5.41) is 2.20. The maximum atomic E-state index is 13.2. The lowest BCUT2D eigenvalue weighted by molar-refractivity contribution is -0.143. The summed E-state index contributed by atoms with van der Waals surface area (Å²) in [6.07, 6.45) is 1.34. The predicted octanol–water partition coefficient (Wildman–Crippen LogP) is 3.29. The first kappa shape index (κ1) is 24.0. The van der Waals surface area contributed by atoms with Crippen LogP contribution >= 0.6 is 15.9 Å². The third-order valence-electron chi connectivity index (χ3n) is 4.72. The van der Waals surface area contributed by atoms with Crippen LogP contribution in [0.1, 0.15) is 16.7 Å². The lowest BCUT2D eigenvalue weighted by Gasteiger charge is -2.27. The average molecular weight is 517 g/mol. The molecule has 2 aromatic rings. The van der Waals surface area contributed by atoms with Crippen molar-refractivity contribution in [1.29, 1.82) is 0 Å². The lowest BCUT2D eigenvalue weighted by atomic mass is 10.0. The molecule has 9 nitrogen and oxygen atoms in total. The van der Waals surface area contributed by atoms with Crippen molar-refractivity contribution in [1.82, 2.24) is 5.32 Å². The third-order valence-corrected chi connectivity index (χ3v) is 5.41. The van der Waals surface area contributed by atoms with Gasteiger partial charge in [-0.25, -0.2) is 14.5 Å². The number of urea groups is 1. The summed E-state index contributed by atoms with van der Waals surface area (Å²) in [5.74, 6) is -1.63. The number of benzene rings is 2. The van der Waals surface area contributed by atoms with Crippen molar-refractivity contribution >= 4 is 51.5 Å².